The van der Waals surface area contributed by atoms with Crippen LogP contribution in [0.1, 0.15) is 119 Å². The van der Waals surface area contributed by atoms with Crippen LogP contribution >= 0.6 is 30.0 Å². The Labute approximate surface area is 197 Å². The third-order valence-corrected chi connectivity index (χ3v) is 64.9. The van der Waals surface area contributed by atoms with E-state index in [9.17, 15) is 0 Å². The Morgan fingerprint density at radius 1 is 0.414 bits per heavy atom. The van der Waals surface area contributed by atoms with Crippen molar-refractivity contribution in [3.05, 3.63) is 0 Å². The van der Waals surface area contributed by atoms with Gasteiger partial charge in [0.15, 0.2) is 0 Å². The average molecular weight is 584 g/mol. The van der Waals surface area contributed by atoms with Gasteiger partial charge in [-0.1, -0.05) is 0 Å². The summed E-state index contributed by atoms with van der Waals surface area (Å²) in [5.41, 5.74) is -3.26. The zero-order valence-electron chi connectivity index (χ0n) is 20.8. The van der Waals surface area contributed by atoms with E-state index in [0.29, 0.717) is 0 Å². The predicted molar refractivity (Wildman–Crippen MR) is 147 cm³/mol. The SMILES string of the molecule is CCCC[PH](CCCC)(CCCC)[Pd]([Cl])([Cl])[PH](CCCC)(CCCC)CCCC. The molecule has 0 aromatic rings. The third-order valence-electron chi connectivity index (χ3n) is 6.62. The van der Waals surface area contributed by atoms with Crippen molar-refractivity contribution in [2.75, 3.05) is 37.0 Å². The first-order valence-corrected chi connectivity index (χ1v) is 26.5. The minimum absolute atomic E-state index is 1.31. The molecule has 0 unspecified atom stereocenters. The van der Waals surface area contributed by atoms with Crippen LogP contribution in [0, 0.1) is 0 Å². The topological polar surface area (TPSA) is 0 Å². The summed E-state index contributed by atoms with van der Waals surface area (Å²) in [6.45, 7) is 14.2. The van der Waals surface area contributed by atoms with Crippen LogP contribution in [0.3, 0.4) is 0 Å². The molecule has 0 radical (unpaired) electrons. The first-order valence-electron chi connectivity index (χ1n) is 12.9. The number of rotatable bonds is 20. The fourth-order valence-electron chi connectivity index (χ4n) is 4.60. The van der Waals surface area contributed by atoms with E-state index in [1.807, 2.05) is 0 Å². The van der Waals surface area contributed by atoms with Crippen molar-refractivity contribution in [2.24, 2.45) is 0 Å². The molecule has 0 aliphatic rings. The average Bonchev–Trinajstić information content (AvgIpc) is 2.72. The zero-order chi connectivity index (χ0) is 22.2. The molecule has 0 aromatic carbocycles. The molecule has 0 fully saturated rings. The summed E-state index contributed by atoms with van der Waals surface area (Å²) >= 11 is -2.42. The quantitative estimate of drug-likeness (QED) is 0.0988. The molecule has 0 heterocycles. The van der Waals surface area contributed by atoms with E-state index >= 15 is 0 Å². The maximum atomic E-state index is 8.04. The van der Waals surface area contributed by atoms with Crippen molar-refractivity contribution in [1.82, 2.24) is 0 Å². The molecular formula is C24H56Cl2P2Pd. The zero-order valence-corrected chi connectivity index (χ0v) is 25.9. The van der Waals surface area contributed by atoms with Crippen LogP contribution in [0.2, 0.25) is 0 Å². The van der Waals surface area contributed by atoms with Crippen LogP contribution in [-0.4, -0.2) is 37.0 Å². The van der Waals surface area contributed by atoms with Gasteiger partial charge in [-0.3, -0.25) is 0 Å². The molecule has 0 aliphatic heterocycles. The third kappa shape index (κ3) is 9.47. The summed E-state index contributed by atoms with van der Waals surface area (Å²) in [6, 6.07) is 0. The molecule has 0 amide bonds. The molecule has 0 nitrogen and oxygen atoms in total. The van der Waals surface area contributed by atoms with Gasteiger partial charge >= 0.3 is 198 Å². The molecule has 0 aromatic heterocycles. The van der Waals surface area contributed by atoms with Gasteiger partial charge in [-0.15, -0.1) is 0 Å². The van der Waals surface area contributed by atoms with Gasteiger partial charge in [-0.2, -0.15) is 0 Å². The monoisotopic (exact) mass is 582 g/mol. The standard InChI is InChI=1S/2C12H27P.2ClH.Pd/c2*1-4-7-10-13(11-8-5-2)12-9-6-3;;;/h2*4-12H2,1-3H3;2*1H;. The van der Waals surface area contributed by atoms with Gasteiger partial charge in [0, 0.05) is 0 Å². The van der Waals surface area contributed by atoms with E-state index in [1.165, 1.54) is 114 Å². The Morgan fingerprint density at radius 3 is 0.724 bits per heavy atom. The fraction of sp³-hybridized carbons (Fsp3) is 1.00. The van der Waals surface area contributed by atoms with E-state index in [2.05, 4.69) is 41.5 Å². The second-order valence-electron chi connectivity index (χ2n) is 9.16. The Hall–Kier alpha value is 2.10. The summed E-state index contributed by atoms with van der Waals surface area (Å²) in [6.07, 6.45) is 24.7. The normalized spacial score (nSPS) is 14.9. The molecule has 0 saturated heterocycles. The van der Waals surface area contributed by atoms with Crippen LogP contribution in [0.15, 0.2) is 0 Å². The van der Waals surface area contributed by atoms with Crippen molar-refractivity contribution in [2.45, 2.75) is 119 Å². The second kappa shape index (κ2) is 17.6. The van der Waals surface area contributed by atoms with E-state index in [1.54, 1.807) is 0 Å². The second-order valence-corrected chi connectivity index (χ2v) is 45.4. The van der Waals surface area contributed by atoms with Gasteiger partial charge in [0.25, 0.3) is 0 Å². The number of unbranched alkanes of at least 4 members (excludes halogenated alkanes) is 6. The summed E-state index contributed by atoms with van der Waals surface area (Å²) in [7, 11) is 16.1. The fourth-order valence-corrected chi connectivity index (χ4v) is 66.5. The molecule has 0 rings (SSSR count). The number of hydrogen-bond donors (Lipinski definition) is 0. The summed E-state index contributed by atoms with van der Waals surface area (Å²) in [5, 5.41) is 0. The van der Waals surface area contributed by atoms with E-state index < -0.39 is 23.4 Å². The van der Waals surface area contributed by atoms with Gasteiger partial charge in [0.05, 0.1) is 0 Å². The minimum atomic E-state index is -2.42. The molecule has 0 spiro atoms. The summed E-state index contributed by atoms with van der Waals surface area (Å²) < 4.78 is 0. The molecule has 0 atom stereocenters. The van der Waals surface area contributed by atoms with E-state index in [4.69, 9.17) is 19.1 Å². The number of halogens is 2. The molecule has 0 aliphatic carbocycles. The number of hydrogen-bond acceptors (Lipinski definition) is 0. The maximum absolute atomic E-state index is 8.04. The van der Waals surface area contributed by atoms with Crippen molar-refractivity contribution in [1.29, 1.82) is 0 Å². The molecular weight excluding hydrogens is 528 g/mol. The van der Waals surface area contributed by atoms with Gasteiger partial charge in [0.1, 0.15) is 0 Å². The summed E-state index contributed by atoms with van der Waals surface area (Å²) in [4.78, 5) is 0. The van der Waals surface area contributed by atoms with Crippen molar-refractivity contribution >= 4 is 30.0 Å². The predicted octanol–water partition coefficient (Wildman–Crippen LogP) is 10.6. The Balaban J connectivity index is 6.33. The molecule has 5 heteroatoms. The molecule has 0 N–H and O–H groups in total. The van der Waals surface area contributed by atoms with Gasteiger partial charge < -0.3 is 0 Å². The first-order chi connectivity index (χ1) is 13.9. The van der Waals surface area contributed by atoms with Crippen molar-refractivity contribution < 1.29 is 12.5 Å². The van der Waals surface area contributed by atoms with Crippen molar-refractivity contribution in [3.8, 4) is 0 Å². The van der Waals surface area contributed by atoms with Crippen LogP contribution in [-0.2, 0) is 12.5 Å². The Kier molecular flexibility index (Phi) is 18.8. The van der Waals surface area contributed by atoms with Crippen LogP contribution in [0.5, 0.6) is 0 Å². The molecule has 29 heavy (non-hydrogen) atoms. The molecule has 0 saturated carbocycles. The van der Waals surface area contributed by atoms with E-state index in [-0.39, 0.29) is 0 Å². The van der Waals surface area contributed by atoms with E-state index in [0.717, 1.165) is 0 Å². The van der Waals surface area contributed by atoms with Gasteiger partial charge in [0.2, 0.25) is 0 Å². The van der Waals surface area contributed by atoms with Gasteiger partial charge in [-0.05, 0) is 0 Å². The van der Waals surface area contributed by atoms with Crippen molar-refractivity contribution in [3.63, 3.8) is 0 Å². The van der Waals surface area contributed by atoms with Crippen LogP contribution < -0.4 is 0 Å². The Morgan fingerprint density at radius 2 is 0.586 bits per heavy atom. The summed E-state index contributed by atoms with van der Waals surface area (Å²) in [5.74, 6) is 0. The first kappa shape index (κ1) is 31.1. The van der Waals surface area contributed by atoms with Gasteiger partial charge in [-0.25, -0.2) is 0 Å². The van der Waals surface area contributed by atoms with Crippen LogP contribution in [0.25, 0.3) is 0 Å². The molecule has 0 bridgehead atoms. The Bertz CT molecular complexity index is 314. The van der Waals surface area contributed by atoms with Crippen LogP contribution in [0.4, 0.5) is 0 Å². The molecule has 186 valence electrons.